The zero-order valence-corrected chi connectivity index (χ0v) is 16.4. The van der Waals surface area contributed by atoms with Crippen LogP contribution in [0.4, 0.5) is 0 Å². The van der Waals surface area contributed by atoms with Gasteiger partial charge in [-0.2, -0.15) is 23.8 Å². The summed E-state index contributed by atoms with van der Waals surface area (Å²) in [6.45, 7) is 2.36. The Bertz CT molecular complexity index is 600. The Balaban J connectivity index is 0.00000147. The minimum absolute atomic E-state index is 0. The molecule has 1 atom stereocenters. The van der Waals surface area contributed by atoms with E-state index in [1.165, 1.54) is 0 Å². The molecule has 2 aliphatic rings. The molecule has 2 aliphatic heterocycles. The summed E-state index contributed by atoms with van der Waals surface area (Å²) < 4.78 is 0. The van der Waals surface area contributed by atoms with E-state index in [4.69, 9.17) is 0 Å². The van der Waals surface area contributed by atoms with Crippen LogP contribution >= 0.6 is 0 Å². The smallest absolute Gasteiger partial charge is 0.335 e. The van der Waals surface area contributed by atoms with Crippen LogP contribution in [0, 0.1) is 13.0 Å². The first-order valence-corrected chi connectivity index (χ1v) is 6.22. The molecule has 3 amide bonds. The topological polar surface area (TPSA) is 66.5 Å². The third-order valence-corrected chi connectivity index (χ3v) is 3.73. The molecular weight excluding hydrogens is 330 g/mol. The number of hydrogen-bond acceptors (Lipinski definition) is 3. The van der Waals surface area contributed by atoms with Crippen molar-refractivity contribution in [3.63, 3.8) is 0 Å². The van der Waals surface area contributed by atoms with Crippen LogP contribution in [0.2, 0.25) is 0 Å². The molecule has 1 saturated heterocycles. The van der Waals surface area contributed by atoms with Gasteiger partial charge < -0.3 is 4.90 Å². The second kappa shape index (κ2) is 6.18. The molecule has 5 nitrogen and oxygen atoms in total. The third-order valence-electron chi connectivity index (χ3n) is 3.73. The fourth-order valence-electron chi connectivity index (χ4n) is 2.67. The second-order valence-electron chi connectivity index (χ2n) is 4.93. The van der Waals surface area contributed by atoms with Crippen LogP contribution < -0.4 is 63.5 Å². The number of fused-ring (bicyclic) bond motifs is 1. The van der Waals surface area contributed by atoms with E-state index in [1.807, 2.05) is 13.0 Å². The fraction of sp³-hybridized carbons (Fsp3) is 0.357. The van der Waals surface area contributed by atoms with Crippen molar-refractivity contribution in [1.82, 2.24) is 10.2 Å². The maximum absolute atomic E-state index is 12.3. The van der Waals surface area contributed by atoms with E-state index in [2.05, 4.69) is 11.4 Å². The Hall–Kier alpha value is -0.365. The molecule has 0 aromatic heterocycles. The van der Waals surface area contributed by atoms with Crippen molar-refractivity contribution in [1.29, 1.82) is 0 Å². The van der Waals surface area contributed by atoms with Crippen molar-refractivity contribution in [2.24, 2.45) is 0 Å². The van der Waals surface area contributed by atoms with Crippen molar-refractivity contribution in [3.05, 3.63) is 34.9 Å². The normalized spacial score (nSPS) is 21.4. The molecule has 6 heteroatoms. The zero-order chi connectivity index (χ0) is 13.6. The number of hydrogen-bond donors (Lipinski definition) is 1. The molecule has 0 radical (unpaired) electrons. The number of benzene rings is 1. The molecule has 0 spiro atoms. The standard InChI is InChI=1S/C14H13N2O3.Rb/c1-8-3-2-4-9-10(8)7-16(14(9)19)11-5-6-12(17)15-13(11)18;/h3-4,11H,5-7H2,1H3,(H,15,17,18);/q-1;+1. The van der Waals surface area contributed by atoms with Gasteiger partial charge in [0.05, 0.1) is 0 Å². The summed E-state index contributed by atoms with van der Waals surface area (Å²) in [6, 6.07) is 5.88. The molecule has 2 heterocycles. The Kier molecular flexibility index (Phi) is 4.94. The first kappa shape index (κ1) is 16.0. The van der Waals surface area contributed by atoms with Crippen LogP contribution in [-0.2, 0) is 16.1 Å². The van der Waals surface area contributed by atoms with Gasteiger partial charge in [0, 0.05) is 13.0 Å². The van der Waals surface area contributed by atoms with Gasteiger partial charge in [-0.3, -0.25) is 19.7 Å². The van der Waals surface area contributed by atoms with Crippen LogP contribution in [0.1, 0.15) is 34.3 Å². The Morgan fingerprint density at radius 2 is 2.05 bits per heavy atom. The van der Waals surface area contributed by atoms with E-state index in [9.17, 15) is 14.4 Å². The van der Waals surface area contributed by atoms with Crippen molar-refractivity contribution >= 4 is 17.7 Å². The van der Waals surface area contributed by atoms with Gasteiger partial charge in [0.2, 0.25) is 11.8 Å². The van der Waals surface area contributed by atoms with Gasteiger partial charge in [0.15, 0.2) is 5.91 Å². The van der Waals surface area contributed by atoms with Gasteiger partial charge in [-0.1, -0.05) is 12.5 Å². The second-order valence-corrected chi connectivity index (χ2v) is 4.93. The Labute approximate surface area is 165 Å². The number of piperidine rings is 1. The molecule has 98 valence electrons. The average molecular weight is 343 g/mol. The number of rotatable bonds is 1. The molecule has 0 bridgehead atoms. The van der Waals surface area contributed by atoms with Crippen LogP contribution in [0.25, 0.3) is 0 Å². The van der Waals surface area contributed by atoms with Gasteiger partial charge in [-0.25, -0.2) is 0 Å². The van der Waals surface area contributed by atoms with Gasteiger partial charge in [0.25, 0.3) is 0 Å². The first-order chi connectivity index (χ1) is 9.08. The van der Waals surface area contributed by atoms with E-state index in [1.54, 1.807) is 11.0 Å². The summed E-state index contributed by atoms with van der Waals surface area (Å²) in [6.07, 6.45) is 0.675. The molecule has 1 aromatic carbocycles. The average Bonchev–Trinajstić information content (AvgIpc) is 2.69. The molecule has 1 N–H and O–H groups in total. The van der Waals surface area contributed by atoms with Crippen LogP contribution in [-0.4, -0.2) is 28.7 Å². The van der Waals surface area contributed by atoms with E-state index in [0.717, 1.165) is 11.1 Å². The summed E-state index contributed by atoms with van der Waals surface area (Å²) >= 11 is 0. The van der Waals surface area contributed by atoms with Crippen LogP contribution in [0.5, 0.6) is 0 Å². The van der Waals surface area contributed by atoms with Crippen molar-refractivity contribution in [2.45, 2.75) is 32.4 Å². The molecule has 0 saturated carbocycles. The fourth-order valence-corrected chi connectivity index (χ4v) is 2.67. The number of nitrogens with zero attached hydrogens (tertiary/aromatic N) is 1. The summed E-state index contributed by atoms with van der Waals surface area (Å²) in [4.78, 5) is 36.9. The van der Waals surface area contributed by atoms with E-state index in [0.29, 0.717) is 18.5 Å². The maximum atomic E-state index is 12.3. The first-order valence-electron chi connectivity index (χ1n) is 6.22. The quantitative estimate of drug-likeness (QED) is 0.455. The SMILES string of the molecule is Cc1c[c-]cc2c1CN(C1CCC(=O)NC1=O)C2=O.[Rb+]. The Morgan fingerprint density at radius 3 is 2.70 bits per heavy atom. The molecule has 20 heavy (non-hydrogen) atoms. The molecule has 1 unspecified atom stereocenters. The molecule has 3 rings (SSSR count). The molecular formula is C14H13N2O3Rb. The van der Waals surface area contributed by atoms with Gasteiger partial charge in [-0.15, -0.1) is 5.56 Å². The number of nitrogens with one attached hydrogen (secondary N) is 1. The van der Waals surface area contributed by atoms with Crippen molar-refractivity contribution in [3.8, 4) is 0 Å². The monoisotopic (exact) mass is 342 g/mol. The summed E-state index contributed by atoms with van der Waals surface area (Å²) in [5.41, 5.74) is 2.57. The van der Waals surface area contributed by atoms with Crippen LogP contribution in [0.15, 0.2) is 12.1 Å². The summed E-state index contributed by atoms with van der Waals surface area (Å²) in [5.74, 6) is -0.793. The van der Waals surface area contributed by atoms with Crippen molar-refractivity contribution < 1.29 is 72.6 Å². The van der Waals surface area contributed by atoms with Gasteiger partial charge >= 0.3 is 58.2 Å². The number of carbonyl (C=O) groups is 3. The van der Waals surface area contributed by atoms with E-state index >= 15 is 0 Å². The molecule has 0 aliphatic carbocycles. The third kappa shape index (κ3) is 2.68. The van der Waals surface area contributed by atoms with E-state index < -0.39 is 6.04 Å². The number of carbonyl (C=O) groups excluding carboxylic acids is 3. The molecule has 1 aromatic rings. The number of imide groups is 1. The maximum Gasteiger partial charge on any atom is 1.00 e. The van der Waals surface area contributed by atoms with Gasteiger partial charge in [0.1, 0.15) is 6.04 Å². The van der Waals surface area contributed by atoms with Crippen LogP contribution in [0.3, 0.4) is 0 Å². The zero-order valence-electron chi connectivity index (χ0n) is 11.5. The molecule has 1 fully saturated rings. The number of aryl methyl sites for hydroxylation is 1. The summed E-state index contributed by atoms with van der Waals surface area (Å²) in [5, 5.41) is 2.29. The minimum Gasteiger partial charge on any atom is -0.335 e. The predicted octanol–water partition coefficient (Wildman–Crippen LogP) is -2.44. The predicted molar refractivity (Wildman–Crippen MR) is 66.1 cm³/mol. The largest absolute Gasteiger partial charge is 1.00 e. The summed E-state index contributed by atoms with van der Waals surface area (Å²) in [7, 11) is 0. The number of amides is 3. The minimum atomic E-state index is -0.544. The van der Waals surface area contributed by atoms with E-state index in [-0.39, 0.29) is 82.3 Å². The van der Waals surface area contributed by atoms with Crippen molar-refractivity contribution in [2.75, 3.05) is 0 Å². The van der Waals surface area contributed by atoms with Gasteiger partial charge in [-0.05, 0) is 6.42 Å². The Morgan fingerprint density at radius 1 is 1.30 bits per heavy atom.